The average Bonchev–Trinajstić information content (AvgIpc) is 2.71. The first kappa shape index (κ1) is 24.2. The van der Waals surface area contributed by atoms with Gasteiger partial charge in [0, 0.05) is 0 Å². The van der Waals surface area contributed by atoms with Gasteiger partial charge in [0.1, 0.15) is 11.7 Å². The van der Waals surface area contributed by atoms with Crippen LogP contribution in [-0.4, -0.2) is 24.8 Å². The summed E-state index contributed by atoms with van der Waals surface area (Å²) in [4.78, 5) is 23.5. The van der Waals surface area contributed by atoms with Crippen LogP contribution in [0, 0.1) is 17.8 Å². The van der Waals surface area contributed by atoms with Crippen LogP contribution in [0.25, 0.3) is 0 Å². The molecule has 27 heavy (non-hydrogen) atoms. The molecular formula is C23H42O4. The second-order valence-electron chi connectivity index (χ2n) is 8.13. The molecule has 1 aliphatic rings. The van der Waals surface area contributed by atoms with Crippen molar-refractivity contribution in [3.63, 3.8) is 0 Å². The Labute approximate surface area is 167 Å². The molecule has 0 spiro atoms. The zero-order valence-corrected chi connectivity index (χ0v) is 18.5. The fourth-order valence-electron chi connectivity index (χ4n) is 4.26. The lowest BCUT2D eigenvalue weighted by molar-refractivity contribution is -0.424. The van der Waals surface area contributed by atoms with E-state index in [9.17, 15) is 4.79 Å². The minimum Gasteiger partial charge on any atom is -0.469 e. The molecule has 0 amide bonds. The summed E-state index contributed by atoms with van der Waals surface area (Å²) in [6.45, 7) is 11.1. The molecule has 1 saturated heterocycles. The molecule has 1 rings (SSSR count). The number of hydrogen-bond donors (Lipinski definition) is 0. The van der Waals surface area contributed by atoms with E-state index in [1.807, 2.05) is 0 Å². The highest BCUT2D eigenvalue weighted by atomic mass is 17.2. The number of methoxy groups -OCH3 is 1. The summed E-state index contributed by atoms with van der Waals surface area (Å²) >= 11 is 0. The Morgan fingerprint density at radius 2 is 1.96 bits per heavy atom. The highest BCUT2D eigenvalue weighted by Crippen LogP contribution is 2.42. The van der Waals surface area contributed by atoms with Crippen LogP contribution in [0.3, 0.4) is 0 Å². The van der Waals surface area contributed by atoms with E-state index in [4.69, 9.17) is 14.5 Å². The van der Waals surface area contributed by atoms with E-state index in [-0.39, 0.29) is 24.1 Å². The molecule has 0 radical (unpaired) electrons. The van der Waals surface area contributed by atoms with E-state index in [2.05, 4.69) is 46.8 Å². The van der Waals surface area contributed by atoms with Crippen LogP contribution in [0.2, 0.25) is 0 Å². The molecule has 1 heterocycles. The van der Waals surface area contributed by atoms with Crippen molar-refractivity contribution in [3.8, 4) is 0 Å². The fourth-order valence-corrected chi connectivity index (χ4v) is 4.26. The van der Waals surface area contributed by atoms with E-state index in [1.165, 1.54) is 20.0 Å². The van der Waals surface area contributed by atoms with Crippen molar-refractivity contribution in [2.45, 2.75) is 104 Å². The minimum absolute atomic E-state index is 0.196. The smallest absolute Gasteiger partial charge is 0.308 e. The number of esters is 1. The van der Waals surface area contributed by atoms with Crippen LogP contribution in [0.5, 0.6) is 0 Å². The van der Waals surface area contributed by atoms with Crippen molar-refractivity contribution < 1.29 is 19.3 Å². The van der Waals surface area contributed by atoms with E-state index in [1.54, 1.807) is 0 Å². The summed E-state index contributed by atoms with van der Waals surface area (Å²) < 4.78 is 4.81. The molecule has 3 unspecified atom stereocenters. The van der Waals surface area contributed by atoms with Gasteiger partial charge in [0.25, 0.3) is 0 Å². The molecular weight excluding hydrogens is 340 g/mol. The van der Waals surface area contributed by atoms with Crippen molar-refractivity contribution in [1.82, 2.24) is 0 Å². The summed E-state index contributed by atoms with van der Waals surface area (Å²) in [5.41, 5.74) is -0.235. The first-order chi connectivity index (χ1) is 13.0. The molecule has 1 aliphatic heterocycles. The molecule has 1 fully saturated rings. The lowest BCUT2D eigenvalue weighted by Crippen LogP contribution is -2.46. The number of allylic oxidation sites excluding steroid dienone is 2. The van der Waals surface area contributed by atoms with Gasteiger partial charge in [0.05, 0.1) is 13.5 Å². The number of carbonyl (C=O) groups is 1. The molecule has 0 saturated carbocycles. The van der Waals surface area contributed by atoms with Crippen molar-refractivity contribution in [2.24, 2.45) is 17.8 Å². The van der Waals surface area contributed by atoms with Crippen LogP contribution < -0.4 is 0 Å². The van der Waals surface area contributed by atoms with Gasteiger partial charge in [-0.1, -0.05) is 59.6 Å². The van der Waals surface area contributed by atoms with E-state index >= 15 is 0 Å². The monoisotopic (exact) mass is 382 g/mol. The van der Waals surface area contributed by atoms with Crippen molar-refractivity contribution in [1.29, 1.82) is 0 Å². The topological polar surface area (TPSA) is 44.8 Å². The second-order valence-corrected chi connectivity index (χ2v) is 8.13. The second kappa shape index (κ2) is 12.6. The molecule has 0 bridgehead atoms. The third-order valence-electron chi connectivity index (χ3n) is 6.32. The van der Waals surface area contributed by atoms with Gasteiger partial charge in [-0.2, -0.15) is 0 Å². The van der Waals surface area contributed by atoms with Crippen LogP contribution in [0.4, 0.5) is 0 Å². The SMILES string of the molecule is CC/C=C/C(CC)CC(CC)CC1(CC)C[C@H](CC)[C@H](CC(=O)OC)OO1. The van der Waals surface area contributed by atoms with Crippen LogP contribution in [0.1, 0.15) is 92.4 Å². The highest BCUT2D eigenvalue weighted by molar-refractivity contribution is 5.69. The molecule has 0 aromatic carbocycles. The van der Waals surface area contributed by atoms with Gasteiger partial charge in [-0.3, -0.25) is 4.79 Å². The summed E-state index contributed by atoms with van der Waals surface area (Å²) in [5, 5.41) is 0. The summed E-state index contributed by atoms with van der Waals surface area (Å²) in [5.74, 6) is 1.36. The van der Waals surface area contributed by atoms with E-state index < -0.39 is 0 Å². The maximum atomic E-state index is 11.7. The average molecular weight is 383 g/mol. The Morgan fingerprint density at radius 3 is 2.48 bits per heavy atom. The van der Waals surface area contributed by atoms with Gasteiger partial charge in [-0.25, -0.2) is 9.78 Å². The number of ether oxygens (including phenoxy) is 1. The lowest BCUT2D eigenvalue weighted by Gasteiger charge is -2.44. The fraction of sp³-hybridized carbons (Fsp3) is 0.870. The Morgan fingerprint density at radius 1 is 1.22 bits per heavy atom. The molecule has 0 aromatic heterocycles. The number of rotatable bonds is 12. The van der Waals surface area contributed by atoms with Gasteiger partial charge in [0.2, 0.25) is 0 Å². The third-order valence-corrected chi connectivity index (χ3v) is 6.32. The number of carbonyl (C=O) groups excluding carboxylic acids is 1. The molecule has 0 N–H and O–H groups in total. The van der Waals surface area contributed by atoms with Gasteiger partial charge < -0.3 is 4.74 Å². The molecule has 0 aliphatic carbocycles. The molecule has 4 heteroatoms. The summed E-state index contributed by atoms with van der Waals surface area (Å²) in [6.07, 6.45) is 13.3. The van der Waals surface area contributed by atoms with Gasteiger partial charge in [-0.15, -0.1) is 0 Å². The zero-order chi connectivity index (χ0) is 20.3. The van der Waals surface area contributed by atoms with Crippen molar-refractivity contribution in [2.75, 3.05) is 7.11 Å². The normalized spacial score (nSPS) is 28.2. The van der Waals surface area contributed by atoms with Crippen molar-refractivity contribution >= 4 is 5.97 Å². The molecule has 5 atom stereocenters. The van der Waals surface area contributed by atoms with E-state index in [0.29, 0.717) is 17.8 Å². The summed E-state index contributed by atoms with van der Waals surface area (Å²) in [7, 11) is 1.42. The maximum Gasteiger partial charge on any atom is 0.308 e. The van der Waals surface area contributed by atoms with Crippen LogP contribution >= 0.6 is 0 Å². The van der Waals surface area contributed by atoms with Gasteiger partial charge >= 0.3 is 5.97 Å². The maximum absolute atomic E-state index is 11.7. The minimum atomic E-state index is -0.235. The highest BCUT2D eigenvalue weighted by Gasteiger charge is 2.43. The Bertz CT molecular complexity index is 448. The van der Waals surface area contributed by atoms with Crippen molar-refractivity contribution in [3.05, 3.63) is 12.2 Å². The summed E-state index contributed by atoms with van der Waals surface area (Å²) in [6, 6.07) is 0. The molecule has 4 nitrogen and oxygen atoms in total. The largest absolute Gasteiger partial charge is 0.469 e. The van der Waals surface area contributed by atoms with E-state index in [0.717, 1.165) is 38.5 Å². The first-order valence-corrected chi connectivity index (χ1v) is 11.0. The standard InChI is InChI=1S/C23H42O4/c1-7-12-13-18(8-2)14-19(9-3)16-23(11-5)17-20(10-4)21(26-27-23)15-22(24)25-6/h12-13,18-21H,7-11,14-17H2,1-6H3/b13-12+/t18?,19?,20-,21-,23?/m0/s1. The Balaban J connectivity index is 2.78. The quantitative estimate of drug-likeness (QED) is 0.227. The Kier molecular flexibility index (Phi) is 11.2. The van der Waals surface area contributed by atoms with Crippen LogP contribution in [0.15, 0.2) is 12.2 Å². The molecule has 0 aromatic rings. The number of hydrogen-bond acceptors (Lipinski definition) is 4. The van der Waals surface area contributed by atoms with Gasteiger partial charge in [-0.05, 0) is 56.3 Å². The molecule has 158 valence electrons. The van der Waals surface area contributed by atoms with Gasteiger partial charge in [0.15, 0.2) is 0 Å². The lowest BCUT2D eigenvalue weighted by atomic mass is 9.75. The Hall–Kier alpha value is -0.870. The third kappa shape index (κ3) is 7.57. The first-order valence-electron chi connectivity index (χ1n) is 11.0. The van der Waals surface area contributed by atoms with Crippen LogP contribution in [-0.2, 0) is 19.3 Å². The zero-order valence-electron chi connectivity index (χ0n) is 18.5. The predicted octanol–water partition coefficient (Wildman–Crippen LogP) is 6.24. The predicted molar refractivity (Wildman–Crippen MR) is 110 cm³/mol.